The Labute approximate surface area is 261 Å². The third-order valence-corrected chi connectivity index (χ3v) is 7.78. The average molecular weight is 610 g/mol. The van der Waals surface area contributed by atoms with E-state index in [4.69, 9.17) is 9.47 Å². The quantitative estimate of drug-likeness (QED) is 0.127. The maximum atomic E-state index is 13.6. The number of thioether (sulfide) groups is 1. The molecule has 0 heterocycles. The Bertz CT molecular complexity index is 1690. The van der Waals surface area contributed by atoms with Crippen LogP contribution < -0.4 is 25.4 Å². The minimum absolute atomic E-state index is 0.00438. The topological polar surface area (TPSA) is 106 Å². The molecule has 1 atom stereocenters. The van der Waals surface area contributed by atoms with Crippen LogP contribution in [0.2, 0.25) is 0 Å². The molecule has 3 amide bonds. The van der Waals surface area contributed by atoms with Crippen molar-refractivity contribution in [3.05, 3.63) is 119 Å². The molecule has 4 aromatic carbocycles. The number of hydrogen-bond acceptors (Lipinski definition) is 6. The number of amides is 3. The Hall–Kier alpha value is -5.02. The molecule has 8 nitrogen and oxygen atoms in total. The van der Waals surface area contributed by atoms with Gasteiger partial charge in [-0.1, -0.05) is 36.4 Å². The van der Waals surface area contributed by atoms with E-state index < -0.39 is 17.1 Å². The van der Waals surface area contributed by atoms with Gasteiger partial charge in [0.15, 0.2) is 0 Å². The van der Waals surface area contributed by atoms with Gasteiger partial charge >= 0.3 is 0 Å². The molecular formula is C35H35N3O5S. The summed E-state index contributed by atoms with van der Waals surface area (Å²) < 4.78 is 10.8. The summed E-state index contributed by atoms with van der Waals surface area (Å²) in [6.07, 6.45) is 1.54. The van der Waals surface area contributed by atoms with E-state index in [1.165, 1.54) is 24.9 Å². The van der Waals surface area contributed by atoms with Crippen LogP contribution >= 0.6 is 11.8 Å². The van der Waals surface area contributed by atoms with Crippen molar-refractivity contribution in [2.45, 2.75) is 30.9 Å². The van der Waals surface area contributed by atoms with Crippen molar-refractivity contribution in [3.8, 4) is 11.5 Å². The number of aryl methyl sites for hydroxylation is 2. The molecule has 4 rings (SSSR count). The van der Waals surface area contributed by atoms with Gasteiger partial charge in [0.1, 0.15) is 17.2 Å². The van der Waals surface area contributed by atoms with Crippen LogP contribution in [-0.2, 0) is 9.59 Å². The van der Waals surface area contributed by atoms with Gasteiger partial charge in [0, 0.05) is 27.4 Å². The molecule has 0 saturated carbocycles. The second-order valence-electron chi connectivity index (χ2n) is 10.0. The molecular weight excluding hydrogens is 574 g/mol. The summed E-state index contributed by atoms with van der Waals surface area (Å²) >= 11 is 1.37. The van der Waals surface area contributed by atoms with Crippen molar-refractivity contribution in [3.63, 3.8) is 0 Å². The highest BCUT2D eigenvalue weighted by molar-refractivity contribution is 8.00. The summed E-state index contributed by atoms with van der Waals surface area (Å²) in [6, 6.07) is 26.9. The van der Waals surface area contributed by atoms with Crippen LogP contribution in [-0.4, -0.2) is 37.2 Å². The first-order valence-electron chi connectivity index (χ1n) is 13.9. The molecule has 0 spiro atoms. The van der Waals surface area contributed by atoms with E-state index in [-0.39, 0.29) is 11.6 Å². The van der Waals surface area contributed by atoms with Gasteiger partial charge in [-0.3, -0.25) is 14.4 Å². The molecule has 0 radical (unpaired) electrons. The van der Waals surface area contributed by atoms with Gasteiger partial charge in [-0.2, -0.15) is 0 Å². The van der Waals surface area contributed by atoms with Crippen molar-refractivity contribution < 1.29 is 23.9 Å². The fourth-order valence-electron chi connectivity index (χ4n) is 4.26. The van der Waals surface area contributed by atoms with Crippen LogP contribution in [0.1, 0.15) is 34.0 Å². The van der Waals surface area contributed by atoms with E-state index in [1.54, 1.807) is 73.8 Å². The third kappa shape index (κ3) is 8.52. The minimum atomic E-state index is -0.540. The minimum Gasteiger partial charge on any atom is -0.497 e. The van der Waals surface area contributed by atoms with E-state index in [1.807, 2.05) is 45.0 Å². The van der Waals surface area contributed by atoms with Crippen LogP contribution in [0.25, 0.3) is 6.08 Å². The second kappa shape index (κ2) is 14.9. The molecule has 1 unspecified atom stereocenters. The molecule has 3 N–H and O–H groups in total. The Kier molecular flexibility index (Phi) is 10.8. The van der Waals surface area contributed by atoms with Gasteiger partial charge in [-0.15, -0.1) is 11.8 Å². The lowest BCUT2D eigenvalue weighted by atomic mass is 10.1. The molecule has 0 aliphatic heterocycles. The number of methoxy groups -OCH3 is 2. The number of carbonyl (C=O) groups is 3. The van der Waals surface area contributed by atoms with Crippen LogP contribution in [0.15, 0.2) is 102 Å². The van der Waals surface area contributed by atoms with Crippen molar-refractivity contribution in [2.24, 2.45) is 0 Å². The van der Waals surface area contributed by atoms with Crippen molar-refractivity contribution >= 4 is 46.9 Å². The zero-order valence-electron chi connectivity index (χ0n) is 25.3. The lowest BCUT2D eigenvalue weighted by molar-refractivity contribution is -0.115. The normalized spacial score (nSPS) is 11.7. The number of ether oxygens (including phenoxy) is 2. The summed E-state index contributed by atoms with van der Waals surface area (Å²) in [5, 5.41) is 8.22. The zero-order chi connectivity index (χ0) is 31.6. The molecule has 0 aliphatic rings. The van der Waals surface area contributed by atoms with E-state index in [2.05, 4.69) is 16.0 Å². The van der Waals surface area contributed by atoms with Crippen LogP contribution in [0.5, 0.6) is 11.5 Å². The van der Waals surface area contributed by atoms with Gasteiger partial charge < -0.3 is 25.4 Å². The van der Waals surface area contributed by atoms with Crippen LogP contribution in [0.3, 0.4) is 0 Å². The van der Waals surface area contributed by atoms with Gasteiger partial charge in [-0.05, 0) is 92.6 Å². The van der Waals surface area contributed by atoms with E-state index in [9.17, 15) is 14.4 Å². The van der Waals surface area contributed by atoms with E-state index in [0.717, 1.165) is 21.7 Å². The standard InChI is InChI=1S/C35H35N3O5S/c1-22-14-15-23(2)30(18-22)37-33(39)24(3)44-29-13-9-12-27(21-29)36-35(41)31(38-34(40)25-10-7-6-8-11-25)20-26-19-28(42-4)16-17-32(26)43-5/h6-21,24H,1-5H3,(H,36,41)(H,37,39)(H,38,40)/b31-20+. The van der Waals surface area contributed by atoms with E-state index >= 15 is 0 Å². The van der Waals surface area contributed by atoms with Crippen molar-refractivity contribution in [2.75, 3.05) is 24.9 Å². The summed E-state index contributed by atoms with van der Waals surface area (Å²) in [5.41, 5.74) is 4.28. The number of hydrogen-bond donors (Lipinski definition) is 3. The predicted molar refractivity (Wildman–Crippen MR) is 176 cm³/mol. The smallest absolute Gasteiger partial charge is 0.272 e. The largest absolute Gasteiger partial charge is 0.497 e. The van der Waals surface area contributed by atoms with E-state index in [0.29, 0.717) is 28.3 Å². The van der Waals surface area contributed by atoms with Crippen LogP contribution in [0, 0.1) is 13.8 Å². The van der Waals surface area contributed by atoms with Gasteiger partial charge in [0.2, 0.25) is 5.91 Å². The first-order valence-corrected chi connectivity index (χ1v) is 14.8. The highest BCUT2D eigenvalue weighted by Gasteiger charge is 2.19. The maximum absolute atomic E-state index is 13.6. The number of nitrogens with one attached hydrogen (secondary N) is 3. The highest BCUT2D eigenvalue weighted by Crippen LogP contribution is 2.29. The van der Waals surface area contributed by atoms with Crippen molar-refractivity contribution in [1.82, 2.24) is 5.32 Å². The fraction of sp³-hybridized carbons (Fsp3) is 0.171. The number of carbonyl (C=O) groups excluding carboxylic acids is 3. The average Bonchev–Trinajstić information content (AvgIpc) is 3.02. The Morgan fingerprint density at radius 2 is 1.59 bits per heavy atom. The maximum Gasteiger partial charge on any atom is 0.272 e. The molecule has 226 valence electrons. The molecule has 0 fully saturated rings. The van der Waals surface area contributed by atoms with Gasteiger partial charge in [0.25, 0.3) is 11.8 Å². The second-order valence-corrected chi connectivity index (χ2v) is 11.4. The van der Waals surface area contributed by atoms with Gasteiger partial charge in [-0.25, -0.2) is 0 Å². The summed E-state index contributed by atoms with van der Waals surface area (Å²) in [6.45, 7) is 5.76. The Morgan fingerprint density at radius 3 is 2.32 bits per heavy atom. The third-order valence-electron chi connectivity index (χ3n) is 6.69. The molecule has 44 heavy (non-hydrogen) atoms. The summed E-state index contributed by atoms with van der Waals surface area (Å²) in [5.74, 6) is -0.0497. The highest BCUT2D eigenvalue weighted by atomic mass is 32.2. The molecule has 0 aromatic heterocycles. The Balaban J connectivity index is 1.54. The zero-order valence-corrected chi connectivity index (χ0v) is 26.1. The number of rotatable bonds is 11. The first-order chi connectivity index (χ1) is 21.2. The van der Waals surface area contributed by atoms with Crippen LogP contribution in [0.4, 0.5) is 11.4 Å². The number of benzene rings is 4. The lowest BCUT2D eigenvalue weighted by Crippen LogP contribution is -2.30. The molecule has 0 bridgehead atoms. The molecule has 0 saturated heterocycles. The fourth-order valence-corrected chi connectivity index (χ4v) is 5.18. The molecule has 4 aromatic rings. The summed E-state index contributed by atoms with van der Waals surface area (Å²) in [4.78, 5) is 40.4. The Morgan fingerprint density at radius 1 is 0.818 bits per heavy atom. The lowest BCUT2D eigenvalue weighted by Gasteiger charge is -2.15. The summed E-state index contributed by atoms with van der Waals surface area (Å²) in [7, 11) is 3.06. The molecule has 0 aliphatic carbocycles. The van der Waals surface area contributed by atoms with Gasteiger partial charge in [0.05, 0.1) is 19.5 Å². The predicted octanol–water partition coefficient (Wildman–Crippen LogP) is 6.85. The van der Waals surface area contributed by atoms with Crippen molar-refractivity contribution in [1.29, 1.82) is 0 Å². The molecule has 9 heteroatoms. The monoisotopic (exact) mass is 609 g/mol. The number of anilines is 2. The SMILES string of the molecule is COc1ccc(OC)c(/C=C(/NC(=O)c2ccccc2)C(=O)Nc2cccc(SC(C)C(=O)Nc3cc(C)ccc3C)c2)c1. The first kappa shape index (κ1) is 31.9.